The zero-order chi connectivity index (χ0) is 22.5. The number of amides is 2. The van der Waals surface area contributed by atoms with Crippen molar-refractivity contribution in [2.75, 3.05) is 18.5 Å². The second-order valence-electron chi connectivity index (χ2n) is 8.29. The predicted octanol–water partition coefficient (Wildman–Crippen LogP) is 2.17. The molecule has 1 saturated heterocycles. The maximum absolute atomic E-state index is 12.5. The number of pyridine rings is 1. The van der Waals surface area contributed by atoms with Gasteiger partial charge < -0.3 is 25.2 Å². The van der Waals surface area contributed by atoms with Crippen LogP contribution in [0, 0.1) is 0 Å². The number of fused-ring (bicyclic) bond motifs is 3. The Morgan fingerprint density at radius 3 is 2.75 bits per heavy atom. The maximum atomic E-state index is 12.5. The first kappa shape index (κ1) is 22.2. The number of aliphatic hydroxyl groups excluding tert-OH is 1. The first-order valence-electron chi connectivity index (χ1n) is 11.1. The van der Waals surface area contributed by atoms with Crippen LogP contribution in [0.25, 0.3) is 0 Å². The largest absolute Gasteiger partial charge is 0.487 e. The smallest absolute Gasteiger partial charge is 0.228 e. The van der Waals surface area contributed by atoms with Gasteiger partial charge in [-0.25, -0.2) is 0 Å². The van der Waals surface area contributed by atoms with Gasteiger partial charge in [-0.05, 0) is 48.7 Å². The zero-order valence-corrected chi connectivity index (χ0v) is 18.1. The van der Waals surface area contributed by atoms with E-state index in [4.69, 9.17) is 9.47 Å². The van der Waals surface area contributed by atoms with Crippen LogP contribution in [0.15, 0.2) is 42.7 Å². The van der Waals surface area contributed by atoms with Crippen LogP contribution >= 0.6 is 0 Å². The average Bonchev–Trinajstić information content (AvgIpc) is 3.15. The van der Waals surface area contributed by atoms with Crippen molar-refractivity contribution in [3.8, 4) is 5.75 Å². The van der Waals surface area contributed by atoms with Crippen molar-refractivity contribution in [3.63, 3.8) is 0 Å². The molecule has 2 aromatic rings. The van der Waals surface area contributed by atoms with Crippen LogP contribution < -0.4 is 15.4 Å². The van der Waals surface area contributed by atoms with Gasteiger partial charge in [0.1, 0.15) is 18.0 Å². The van der Waals surface area contributed by atoms with Crippen molar-refractivity contribution in [1.29, 1.82) is 0 Å². The molecule has 3 heterocycles. The fraction of sp³-hybridized carbons (Fsp3) is 0.458. The number of ether oxygens (including phenoxy) is 2. The van der Waals surface area contributed by atoms with Gasteiger partial charge in [0.2, 0.25) is 11.8 Å². The van der Waals surface area contributed by atoms with Gasteiger partial charge in [0, 0.05) is 36.1 Å². The molecule has 8 nitrogen and oxygen atoms in total. The van der Waals surface area contributed by atoms with Crippen LogP contribution in [-0.2, 0) is 20.7 Å². The van der Waals surface area contributed by atoms with E-state index in [1.807, 2.05) is 37.3 Å². The Morgan fingerprint density at radius 2 is 2.00 bits per heavy atom. The third-order valence-electron chi connectivity index (χ3n) is 5.88. The summed E-state index contributed by atoms with van der Waals surface area (Å²) < 4.78 is 12.1. The van der Waals surface area contributed by atoms with Gasteiger partial charge in [-0.3, -0.25) is 14.6 Å². The fourth-order valence-electron chi connectivity index (χ4n) is 4.40. The van der Waals surface area contributed by atoms with E-state index >= 15 is 0 Å². The van der Waals surface area contributed by atoms with Gasteiger partial charge in [0.05, 0.1) is 25.6 Å². The molecule has 1 fully saturated rings. The molecule has 0 saturated carbocycles. The summed E-state index contributed by atoms with van der Waals surface area (Å²) in [5.41, 5.74) is 2.55. The van der Waals surface area contributed by atoms with E-state index in [1.165, 1.54) is 0 Å². The maximum Gasteiger partial charge on any atom is 0.228 e. The van der Waals surface area contributed by atoms with E-state index < -0.39 is 6.10 Å². The van der Waals surface area contributed by atoms with Crippen molar-refractivity contribution in [3.05, 3.63) is 53.9 Å². The number of carbonyl (C=O) groups is 2. The molecule has 8 heteroatoms. The number of rotatable bonds is 8. The van der Waals surface area contributed by atoms with Crippen molar-refractivity contribution in [2.24, 2.45) is 0 Å². The van der Waals surface area contributed by atoms with Crippen LogP contribution in [0.4, 0.5) is 5.69 Å². The number of hydrogen-bond acceptors (Lipinski definition) is 6. The average molecular weight is 440 g/mol. The van der Waals surface area contributed by atoms with Gasteiger partial charge in [-0.15, -0.1) is 0 Å². The summed E-state index contributed by atoms with van der Waals surface area (Å²) in [5, 5.41) is 15.7. The molecule has 0 spiro atoms. The van der Waals surface area contributed by atoms with E-state index in [0.717, 1.165) is 23.3 Å². The van der Waals surface area contributed by atoms with Crippen molar-refractivity contribution < 1.29 is 24.2 Å². The van der Waals surface area contributed by atoms with E-state index in [1.54, 1.807) is 12.4 Å². The van der Waals surface area contributed by atoms with E-state index in [2.05, 4.69) is 15.6 Å². The molecule has 32 heavy (non-hydrogen) atoms. The van der Waals surface area contributed by atoms with Crippen molar-refractivity contribution >= 4 is 17.5 Å². The van der Waals surface area contributed by atoms with Crippen molar-refractivity contribution in [1.82, 2.24) is 10.3 Å². The Labute approximate surface area is 187 Å². The number of nitrogens with one attached hydrogen (secondary N) is 2. The van der Waals surface area contributed by atoms with Gasteiger partial charge >= 0.3 is 0 Å². The number of aliphatic hydroxyl groups is 1. The normalized spacial score (nSPS) is 23.6. The zero-order valence-electron chi connectivity index (χ0n) is 18.1. The summed E-state index contributed by atoms with van der Waals surface area (Å²) in [6, 6.07) is 9.21. The number of hydrogen-bond donors (Lipinski definition) is 3. The standard InChI is InChI=1S/C24H29N3O5/c1-2-7-26-22(29)13-17-12-19-18-11-16(27-23(30)10-15-5-8-25-9-6-15)3-4-20(18)32-24(19)21(14-28)31-17/h3-6,8-9,11,17,19,21,24,28H,2,7,10,12-14H2,1H3,(H,26,29)(H,27,30)/t17-,19+,21-,24-/m0/s1. The molecule has 1 aromatic carbocycles. The van der Waals surface area contributed by atoms with Gasteiger partial charge in [-0.2, -0.15) is 0 Å². The Hall–Kier alpha value is -2.97. The summed E-state index contributed by atoms with van der Waals surface area (Å²) in [5.74, 6) is 0.544. The molecule has 0 aliphatic carbocycles. The predicted molar refractivity (Wildman–Crippen MR) is 118 cm³/mol. The van der Waals surface area contributed by atoms with Gasteiger partial charge in [0.15, 0.2) is 0 Å². The first-order valence-corrected chi connectivity index (χ1v) is 11.1. The highest BCUT2D eigenvalue weighted by Gasteiger charge is 2.46. The SMILES string of the molecule is CCCNC(=O)C[C@@H]1C[C@@H]2c3cc(NC(=O)Cc4ccncc4)ccc3O[C@@H]2[C@H](CO)O1. The third-order valence-corrected chi connectivity index (χ3v) is 5.88. The Kier molecular flexibility index (Phi) is 7.02. The minimum atomic E-state index is -0.505. The lowest BCUT2D eigenvalue weighted by molar-refractivity contribution is -0.142. The number of nitrogens with zero attached hydrogens (tertiary/aromatic N) is 1. The molecule has 2 aliphatic heterocycles. The molecule has 0 radical (unpaired) electrons. The highest BCUT2D eigenvalue weighted by atomic mass is 16.6. The van der Waals surface area contributed by atoms with Crippen LogP contribution in [0.1, 0.15) is 43.2 Å². The molecule has 2 amide bonds. The minimum Gasteiger partial charge on any atom is -0.487 e. The van der Waals surface area contributed by atoms with Gasteiger partial charge in [-0.1, -0.05) is 6.92 Å². The number of carbonyl (C=O) groups excluding carboxylic acids is 2. The van der Waals surface area contributed by atoms with Crippen molar-refractivity contribution in [2.45, 2.75) is 56.8 Å². The quantitative estimate of drug-likeness (QED) is 0.582. The molecule has 4 atom stereocenters. The molecule has 0 unspecified atom stereocenters. The summed E-state index contributed by atoms with van der Waals surface area (Å²) in [4.78, 5) is 28.6. The second kappa shape index (κ2) is 10.1. The lowest BCUT2D eigenvalue weighted by atomic mass is 9.84. The summed E-state index contributed by atoms with van der Waals surface area (Å²) in [6.45, 7) is 2.46. The highest BCUT2D eigenvalue weighted by Crippen LogP contribution is 2.47. The first-order chi connectivity index (χ1) is 15.6. The van der Waals surface area contributed by atoms with E-state index in [0.29, 0.717) is 18.7 Å². The van der Waals surface area contributed by atoms with Crippen LogP contribution in [-0.4, -0.2) is 53.4 Å². The third kappa shape index (κ3) is 5.08. The topological polar surface area (TPSA) is 110 Å². The number of anilines is 1. The minimum absolute atomic E-state index is 0.0167. The van der Waals surface area contributed by atoms with Crippen LogP contribution in [0.5, 0.6) is 5.75 Å². The lowest BCUT2D eigenvalue weighted by Crippen LogP contribution is -2.47. The summed E-state index contributed by atoms with van der Waals surface area (Å²) >= 11 is 0. The molecule has 2 aliphatic rings. The molecule has 4 rings (SSSR count). The second-order valence-corrected chi connectivity index (χ2v) is 8.29. The Bertz CT molecular complexity index is 952. The molecule has 170 valence electrons. The van der Waals surface area contributed by atoms with E-state index in [-0.39, 0.29) is 49.4 Å². The molecular formula is C24H29N3O5. The molecule has 0 bridgehead atoms. The number of benzene rings is 1. The van der Waals surface area contributed by atoms with E-state index in [9.17, 15) is 14.7 Å². The van der Waals surface area contributed by atoms with Crippen LogP contribution in [0.2, 0.25) is 0 Å². The summed E-state index contributed by atoms with van der Waals surface area (Å²) in [6.07, 6.45) is 4.20. The Balaban J connectivity index is 1.45. The summed E-state index contributed by atoms with van der Waals surface area (Å²) in [7, 11) is 0. The molecule has 1 aromatic heterocycles. The molecule has 3 N–H and O–H groups in total. The monoisotopic (exact) mass is 439 g/mol. The lowest BCUT2D eigenvalue weighted by Gasteiger charge is -2.37. The fourth-order valence-corrected chi connectivity index (χ4v) is 4.40. The molecular weight excluding hydrogens is 410 g/mol. The highest BCUT2D eigenvalue weighted by molar-refractivity contribution is 5.92. The van der Waals surface area contributed by atoms with Gasteiger partial charge in [0.25, 0.3) is 0 Å². The van der Waals surface area contributed by atoms with Crippen LogP contribution in [0.3, 0.4) is 0 Å². The number of aromatic nitrogens is 1. The Morgan fingerprint density at radius 1 is 1.19 bits per heavy atom.